The van der Waals surface area contributed by atoms with Crippen LogP contribution in [-0.4, -0.2) is 25.1 Å². The largest absolute Gasteiger partial charge is 0.497 e. The van der Waals surface area contributed by atoms with E-state index < -0.39 is 0 Å². The highest BCUT2D eigenvalue weighted by Gasteiger charge is 2.20. The molecule has 0 aromatic heterocycles. The van der Waals surface area contributed by atoms with Gasteiger partial charge in [0.05, 0.1) is 7.11 Å². The highest BCUT2D eigenvalue weighted by atomic mass is 16.5. The minimum Gasteiger partial charge on any atom is -0.497 e. The van der Waals surface area contributed by atoms with Crippen molar-refractivity contribution in [1.82, 2.24) is 5.32 Å². The van der Waals surface area contributed by atoms with Crippen LogP contribution in [0.5, 0.6) is 5.75 Å². The normalized spacial score (nSPS) is 11.6. The quantitative estimate of drug-likeness (QED) is 0.751. The van der Waals surface area contributed by atoms with E-state index in [9.17, 15) is 4.79 Å². The van der Waals surface area contributed by atoms with Gasteiger partial charge in [0.1, 0.15) is 5.75 Å². The number of carbonyl (C=O) groups is 1. The van der Waals surface area contributed by atoms with Gasteiger partial charge in [-0.1, -0.05) is 26.0 Å². The van der Waals surface area contributed by atoms with Crippen molar-refractivity contribution in [3.8, 4) is 5.75 Å². The van der Waals surface area contributed by atoms with E-state index in [-0.39, 0.29) is 11.4 Å². The summed E-state index contributed by atoms with van der Waals surface area (Å²) in [5, 5.41) is 2.84. The summed E-state index contributed by atoms with van der Waals surface area (Å²) in [6.07, 6.45) is 4.97. The van der Waals surface area contributed by atoms with Crippen molar-refractivity contribution in [1.29, 1.82) is 0 Å². The highest BCUT2D eigenvalue weighted by Crippen LogP contribution is 2.12. The van der Waals surface area contributed by atoms with Gasteiger partial charge in [-0.05, 0) is 36.6 Å². The number of ether oxygens (including phenoxy) is 1. The molecular weight excluding hydrogens is 252 g/mol. The average Bonchev–Trinajstić information content (AvgIpc) is 2.51. The van der Waals surface area contributed by atoms with E-state index in [2.05, 4.69) is 5.32 Å². The van der Waals surface area contributed by atoms with Crippen LogP contribution in [-0.2, 0) is 4.79 Å². The number of rotatable bonds is 7. The van der Waals surface area contributed by atoms with Gasteiger partial charge in [0, 0.05) is 18.2 Å². The molecule has 0 aliphatic carbocycles. The molecule has 20 heavy (non-hydrogen) atoms. The summed E-state index contributed by atoms with van der Waals surface area (Å²) in [5.41, 5.74) is 6.77. The summed E-state index contributed by atoms with van der Waals surface area (Å²) < 4.78 is 5.08. The summed E-state index contributed by atoms with van der Waals surface area (Å²) >= 11 is 0. The zero-order valence-electron chi connectivity index (χ0n) is 12.5. The van der Waals surface area contributed by atoms with Gasteiger partial charge in [-0.3, -0.25) is 4.79 Å². The maximum Gasteiger partial charge on any atom is 0.244 e. The van der Waals surface area contributed by atoms with Crippen molar-refractivity contribution in [2.45, 2.75) is 32.2 Å². The lowest BCUT2D eigenvalue weighted by molar-refractivity contribution is -0.116. The van der Waals surface area contributed by atoms with Crippen LogP contribution in [0.3, 0.4) is 0 Å². The van der Waals surface area contributed by atoms with Crippen LogP contribution in [0, 0.1) is 0 Å². The molecule has 0 unspecified atom stereocenters. The SMILES string of the molecule is CCC(N)(CC)CNC(=O)/C=C/c1ccc(OC)cc1. The molecule has 3 N–H and O–H groups in total. The predicted molar refractivity (Wildman–Crippen MR) is 82.5 cm³/mol. The first-order valence-electron chi connectivity index (χ1n) is 6.92. The molecule has 0 spiro atoms. The minimum absolute atomic E-state index is 0.127. The third-order valence-electron chi connectivity index (χ3n) is 3.57. The summed E-state index contributed by atoms with van der Waals surface area (Å²) in [7, 11) is 1.62. The summed E-state index contributed by atoms with van der Waals surface area (Å²) in [6.45, 7) is 4.55. The van der Waals surface area contributed by atoms with Crippen molar-refractivity contribution in [3.63, 3.8) is 0 Å². The number of nitrogens with two attached hydrogens (primary N) is 1. The fourth-order valence-electron chi connectivity index (χ4n) is 1.71. The van der Waals surface area contributed by atoms with E-state index in [4.69, 9.17) is 10.5 Å². The Balaban J connectivity index is 2.50. The fourth-order valence-corrected chi connectivity index (χ4v) is 1.71. The average molecular weight is 276 g/mol. The zero-order chi connectivity index (χ0) is 15.0. The second-order valence-electron chi connectivity index (χ2n) is 4.89. The first-order chi connectivity index (χ1) is 9.53. The molecule has 0 bridgehead atoms. The lowest BCUT2D eigenvalue weighted by Gasteiger charge is -2.26. The van der Waals surface area contributed by atoms with E-state index in [0.29, 0.717) is 6.54 Å². The number of amides is 1. The van der Waals surface area contributed by atoms with Gasteiger partial charge in [-0.2, -0.15) is 0 Å². The Morgan fingerprint density at radius 3 is 2.40 bits per heavy atom. The van der Waals surface area contributed by atoms with Crippen LogP contribution < -0.4 is 15.8 Å². The molecule has 0 fully saturated rings. The van der Waals surface area contributed by atoms with Gasteiger partial charge in [0.2, 0.25) is 5.91 Å². The van der Waals surface area contributed by atoms with E-state index in [1.54, 1.807) is 13.2 Å². The maximum atomic E-state index is 11.7. The van der Waals surface area contributed by atoms with Gasteiger partial charge in [-0.15, -0.1) is 0 Å². The van der Waals surface area contributed by atoms with E-state index in [1.165, 1.54) is 6.08 Å². The number of benzene rings is 1. The molecule has 0 aliphatic heterocycles. The zero-order valence-corrected chi connectivity index (χ0v) is 12.5. The Hall–Kier alpha value is -1.81. The Labute approximate surface area is 121 Å². The van der Waals surface area contributed by atoms with Crippen LogP contribution in [0.2, 0.25) is 0 Å². The molecular formula is C16H24N2O2. The van der Waals surface area contributed by atoms with E-state index >= 15 is 0 Å². The van der Waals surface area contributed by atoms with Gasteiger partial charge in [-0.25, -0.2) is 0 Å². The molecule has 0 heterocycles. The molecule has 1 amide bonds. The Kier molecular flexibility index (Phi) is 6.25. The summed E-state index contributed by atoms with van der Waals surface area (Å²) in [4.78, 5) is 11.7. The van der Waals surface area contributed by atoms with Crippen molar-refractivity contribution >= 4 is 12.0 Å². The predicted octanol–water partition coefficient (Wildman–Crippen LogP) is 2.34. The molecule has 0 atom stereocenters. The van der Waals surface area contributed by atoms with Crippen LogP contribution in [0.15, 0.2) is 30.3 Å². The summed E-state index contributed by atoms with van der Waals surface area (Å²) in [6, 6.07) is 7.51. The van der Waals surface area contributed by atoms with Gasteiger partial charge < -0.3 is 15.8 Å². The maximum absolute atomic E-state index is 11.7. The van der Waals surface area contributed by atoms with Gasteiger partial charge >= 0.3 is 0 Å². The lowest BCUT2D eigenvalue weighted by Crippen LogP contribution is -2.48. The van der Waals surface area contributed by atoms with E-state index in [1.807, 2.05) is 38.1 Å². The molecule has 110 valence electrons. The first kappa shape index (κ1) is 16.2. The van der Waals surface area contributed by atoms with Crippen LogP contribution in [0.4, 0.5) is 0 Å². The van der Waals surface area contributed by atoms with Crippen molar-refractivity contribution in [2.75, 3.05) is 13.7 Å². The molecule has 4 heteroatoms. The van der Waals surface area contributed by atoms with Crippen LogP contribution in [0.1, 0.15) is 32.3 Å². The molecule has 0 saturated carbocycles. The fraction of sp³-hybridized carbons (Fsp3) is 0.438. The number of carbonyl (C=O) groups excluding carboxylic acids is 1. The highest BCUT2D eigenvalue weighted by molar-refractivity contribution is 5.91. The molecule has 0 radical (unpaired) electrons. The first-order valence-corrected chi connectivity index (χ1v) is 6.92. The number of methoxy groups -OCH3 is 1. The van der Waals surface area contributed by atoms with Gasteiger partial charge in [0.25, 0.3) is 0 Å². The van der Waals surface area contributed by atoms with Crippen molar-refractivity contribution < 1.29 is 9.53 Å². The van der Waals surface area contributed by atoms with Crippen molar-refractivity contribution in [3.05, 3.63) is 35.9 Å². The molecule has 1 aromatic carbocycles. The monoisotopic (exact) mass is 276 g/mol. The standard InChI is InChI=1S/C16H24N2O2/c1-4-16(17,5-2)12-18-15(19)11-8-13-6-9-14(20-3)10-7-13/h6-11H,4-5,12,17H2,1-3H3,(H,18,19)/b11-8+. The summed E-state index contributed by atoms with van der Waals surface area (Å²) in [5.74, 6) is 0.669. The molecule has 0 saturated heterocycles. The minimum atomic E-state index is -0.316. The van der Waals surface area contributed by atoms with E-state index in [0.717, 1.165) is 24.2 Å². The topological polar surface area (TPSA) is 64.3 Å². The number of hydrogen-bond donors (Lipinski definition) is 2. The molecule has 0 aliphatic rings. The number of hydrogen-bond acceptors (Lipinski definition) is 3. The van der Waals surface area contributed by atoms with Crippen molar-refractivity contribution in [2.24, 2.45) is 5.73 Å². The van der Waals surface area contributed by atoms with Crippen LogP contribution >= 0.6 is 0 Å². The molecule has 4 nitrogen and oxygen atoms in total. The molecule has 1 rings (SSSR count). The Morgan fingerprint density at radius 2 is 1.90 bits per heavy atom. The second-order valence-corrected chi connectivity index (χ2v) is 4.89. The Morgan fingerprint density at radius 1 is 1.30 bits per heavy atom. The second kappa shape index (κ2) is 7.70. The van der Waals surface area contributed by atoms with Gasteiger partial charge in [0.15, 0.2) is 0 Å². The molecule has 1 aromatic rings. The smallest absolute Gasteiger partial charge is 0.244 e. The van der Waals surface area contributed by atoms with Crippen LogP contribution in [0.25, 0.3) is 6.08 Å². The third kappa shape index (κ3) is 5.05. The Bertz CT molecular complexity index is 448. The number of nitrogens with one attached hydrogen (secondary N) is 1. The lowest BCUT2D eigenvalue weighted by atomic mass is 9.94. The third-order valence-corrected chi connectivity index (χ3v) is 3.57.